The molecule has 2 N–H and O–H groups in total. The summed E-state index contributed by atoms with van der Waals surface area (Å²) in [6.07, 6.45) is 4.17. The molecule has 1 atom stereocenters. The predicted octanol–water partition coefficient (Wildman–Crippen LogP) is 3.64. The van der Waals surface area contributed by atoms with Crippen molar-refractivity contribution >= 4 is 42.2 Å². The number of para-hydroxylation sites is 1. The first-order valence-corrected chi connectivity index (χ1v) is 9.30. The number of halogens is 2. The lowest BCUT2D eigenvalue weighted by molar-refractivity contribution is -0.136. The number of hydrogen-bond donors (Lipinski definition) is 2. The van der Waals surface area contributed by atoms with Crippen LogP contribution < -0.4 is 4.74 Å². The number of carbonyl (C=O) groups excluding carboxylic acids is 1. The Hall–Kier alpha value is -1.79. The van der Waals surface area contributed by atoms with Crippen LogP contribution in [0.1, 0.15) is 6.42 Å². The number of rotatable bonds is 6. The van der Waals surface area contributed by atoms with Gasteiger partial charge in [0.1, 0.15) is 10.1 Å². The number of alkyl halides is 2. The number of carbonyl (C=O) groups is 1. The molecule has 0 spiro atoms. The number of benzene rings is 1. The summed E-state index contributed by atoms with van der Waals surface area (Å²) < 4.78 is 20.8. The highest BCUT2D eigenvalue weighted by Crippen LogP contribution is 2.48. The molecule has 10 heteroatoms. The average molecular weight is 406 g/mol. The second-order valence-electron chi connectivity index (χ2n) is 4.97. The molecule has 1 unspecified atom stereocenters. The third kappa shape index (κ3) is 5.61. The molecule has 0 heterocycles. The standard InChI is InChI=1S/C15H14Cl2NO6P/c16-15(17)8-6-11(7-9-15)14(18-20)25(21,22)24-13(19)10-23-12-4-2-1-3-5-12/h1-8,20H,9-10H2,(H,21,22). The Morgan fingerprint density at radius 2 is 2.00 bits per heavy atom. The topological polar surface area (TPSA) is 105 Å². The van der Waals surface area contributed by atoms with Gasteiger partial charge in [-0.1, -0.05) is 58.7 Å². The average Bonchev–Trinajstić information content (AvgIpc) is 2.55. The smallest absolute Gasteiger partial charge is 0.432 e. The fourth-order valence-corrected chi connectivity index (χ4v) is 3.20. The summed E-state index contributed by atoms with van der Waals surface area (Å²) in [4.78, 5) is 21.7. The predicted molar refractivity (Wildman–Crippen MR) is 93.4 cm³/mol. The van der Waals surface area contributed by atoms with Crippen LogP contribution in [-0.2, 0) is 13.9 Å². The van der Waals surface area contributed by atoms with Crippen LogP contribution in [0.4, 0.5) is 0 Å². The molecule has 1 aromatic carbocycles. The van der Waals surface area contributed by atoms with Crippen molar-refractivity contribution in [2.45, 2.75) is 10.8 Å². The Labute approximate surface area is 153 Å². The maximum absolute atomic E-state index is 12.3. The van der Waals surface area contributed by atoms with E-state index in [2.05, 4.69) is 9.68 Å². The second kappa shape index (κ2) is 8.06. The number of allylic oxidation sites excluding steroid dienone is 4. The molecule has 134 valence electrons. The van der Waals surface area contributed by atoms with Crippen molar-refractivity contribution in [3.05, 3.63) is 54.1 Å². The molecule has 1 aromatic rings. The second-order valence-corrected chi connectivity index (χ2v) is 8.16. The Bertz CT molecular complexity index is 775. The summed E-state index contributed by atoms with van der Waals surface area (Å²) in [7, 11) is -4.73. The summed E-state index contributed by atoms with van der Waals surface area (Å²) in [5, 5.41) is 11.8. The van der Waals surface area contributed by atoms with Gasteiger partial charge in [0, 0.05) is 12.0 Å². The summed E-state index contributed by atoms with van der Waals surface area (Å²) in [6.45, 7) is -0.589. The maximum atomic E-state index is 12.3. The van der Waals surface area contributed by atoms with Gasteiger partial charge in [0.05, 0.1) is 0 Å². The lowest BCUT2D eigenvalue weighted by Gasteiger charge is -2.20. The molecule has 0 aromatic heterocycles. The first kappa shape index (κ1) is 19.5. The molecule has 7 nitrogen and oxygen atoms in total. The van der Waals surface area contributed by atoms with Crippen molar-refractivity contribution < 1.29 is 28.7 Å². The summed E-state index contributed by atoms with van der Waals surface area (Å²) in [5.41, 5.74) is -0.623. The molecule has 0 aliphatic heterocycles. The minimum absolute atomic E-state index is 0.0713. The van der Waals surface area contributed by atoms with Crippen LogP contribution in [0.5, 0.6) is 5.75 Å². The van der Waals surface area contributed by atoms with Crippen molar-refractivity contribution in [2.75, 3.05) is 6.61 Å². The van der Waals surface area contributed by atoms with Crippen LogP contribution in [0.15, 0.2) is 59.3 Å². The Kier molecular flexibility index (Phi) is 6.30. The number of nitrogens with zero attached hydrogens (tertiary/aromatic N) is 1. The first-order chi connectivity index (χ1) is 11.7. The molecule has 25 heavy (non-hydrogen) atoms. The van der Waals surface area contributed by atoms with Crippen molar-refractivity contribution in [1.82, 2.24) is 0 Å². The fraction of sp³-hybridized carbons (Fsp3) is 0.200. The molecule has 2 rings (SSSR count). The zero-order valence-electron chi connectivity index (χ0n) is 12.7. The van der Waals surface area contributed by atoms with Gasteiger partial charge in [-0.25, -0.2) is 9.36 Å². The van der Waals surface area contributed by atoms with Gasteiger partial charge in [0.25, 0.3) is 0 Å². The molecule has 0 radical (unpaired) electrons. The lowest BCUT2D eigenvalue weighted by atomic mass is 10.1. The van der Waals surface area contributed by atoms with Crippen LogP contribution in [0.3, 0.4) is 0 Å². The third-order valence-electron chi connectivity index (χ3n) is 3.05. The SMILES string of the molecule is O=C(COc1ccccc1)OP(=O)(O)C(=NO)C1=CCC(Cl)(Cl)C=C1. The fourth-order valence-electron chi connectivity index (χ4n) is 1.90. The molecular formula is C15H14Cl2NO6P. The minimum Gasteiger partial charge on any atom is -0.482 e. The normalized spacial score (nSPS) is 18.8. The van der Waals surface area contributed by atoms with E-state index >= 15 is 0 Å². The van der Waals surface area contributed by atoms with Crippen molar-refractivity contribution in [3.8, 4) is 5.75 Å². The van der Waals surface area contributed by atoms with Crippen LogP contribution >= 0.6 is 30.8 Å². The third-order valence-corrected chi connectivity index (χ3v) is 4.94. The van der Waals surface area contributed by atoms with E-state index in [1.165, 1.54) is 18.2 Å². The summed E-state index contributed by atoms with van der Waals surface area (Å²) >= 11 is 11.8. The lowest BCUT2D eigenvalue weighted by Crippen LogP contribution is -2.18. The van der Waals surface area contributed by atoms with E-state index in [0.29, 0.717) is 5.75 Å². The largest absolute Gasteiger partial charge is 0.482 e. The molecule has 0 bridgehead atoms. The van der Waals surface area contributed by atoms with E-state index in [-0.39, 0.29) is 12.0 Å². The first-order valence-electron chi connectivity index (χ1n) is 6.97. The van der Waals surface area contributed by atoms with Gasteiger partial charge in [0.2, 0.25) is 5.45 Å². The Morgan fingerprint density at radius 3 is 2.56 bits per heavy atom. The molecule has 0 fully saturated rings. The van der Waals surface area contributed by atoms with Gasteiger partial charge in [-0.15, -0.1) is 0 Å². The van der Waals surface area contributed by atoms with E-state index in [4.69, 9.17) is 33.1 Å². The van der Waals surface area contributed by atoms with Crippen LogP contribution in [0.2, 0.25) is 0 Å². The molecule has 1 aliphatic rings. The maximum Gasteiger partial charge on any atom is 0.432 e. The van der Waals surface area contributed by atoms with Gasteiger partial charge >= 0.3 is 13.6 Å². The van der Waals surface area contributed by atoms with E-state index < -0.39 is 30.0 Å². The van der Waals surface area contributed by atoms with Gasteiger partial charge in [0.15, 0.2) is 6.61 Å². The molecule has 0 saturated carbocycles. The number of hydrogen-bond acceptors (Lipinski definition) is 6. The van der Waals surface area contributed by atoms with Gasteiger partial charge < -0.3 is 19.4 Å². The number of oxime groups is 1. The number of ether oxygens (including phenoxy) is 1. The molecular weight excluding hydrogens is 392 g/mol. The van der Waals surface area contributed by atoms with E-state index in [9.17, 15) is 14.3 Å². The minimum atomic E-state index is -4.73. The van der Waals surface area contributed by atoms with E-state index in [0.717, 1.165) is 0 Å². The van der Waals surface area contributed by atoms with Gasteiger partial charge in [-0.05, 0) is 18.2 Å². The zero-order valence-corrected chi connectivity index (χ0v) is 15.1. The Balaban J connectivity index is 2.02. The van der Waals surface area contributed by atoms with E-state index in [1.807, 2.05) is 0 Å². The molecule has 0 saturated heterocycles. The summed E-state index contributed by atoms with van der Waals surface area (Å²) in [5.74, 6) is -0.706. The highest BCUT2D eigenvalue weighted by atomic mass is 35.5. The van der Waals surface area contributed by atoms with Crippen molar-refractivity contribution in [1.29, 1.82) is 0 Å². The monoisotopic (exact) mass is 405 g/mol. The molecule has 0 amide bonds. The highest BCUT2D eigenvalue weighted by molar-refractivity contribution is 7.72. The quantitative estimate of drug-likeness (QED) is 0.246. The van der Waals surface area contributed by atoms with Gasteiger partial charge in [-0.3, -0.25) is 0 Å². The van der Waals surface area contributed by atoms with Crippen molar-refractivity contribution in [2.24, 2.45) is 5.16 Å². The van der Waals surface area contributed by atoms with Crippen LogP contribution in [0.25, 0.3) is 0 Å². The van der Waals surface area contributed by atoms with Crippen molar-refractivity contribution in [3.63, 3.8) is 0 Å². The summed E-state index contributed by atoms with van der Waals surface area (Å²) in [6, 6.07) is 8.37. The van der Waals surface area contributed by atoms with Crippen LogP contribution in [0, 0.1) is 0 Å². The zero-order chi connectivity index (χ0) is 18.5. The van der Waals surface area contributed by atoms with Crippen LogP contribution in [-0.4, -0.2) is 32.5 Å². The van der Waals surface area contributed by atoms with E-state index in [1.54, 1.807) is 30.3 Å². The Morgan fingerprint density at radius 1 is 1.32 bits per heavy atom. The molecule has 1 aliphatic carbocycles. The van der Waals surface area contributed by atoms with Gasteiger partial charge in [-0.2, -0.15) is 0 Å². The highest BCUT2D eigenvalue weighted by Gasteiger charge is 2.36.